The summed E-state index contributed by atoms with van der Waals surface area (Å²) in [6.45, 7) is 9.77. The number of aliphatic carboxylic acids is 1. The third-order valence-electron chi connectivity index (χ3n) is 17.9. The normalized spacial score (nSPS) is 19.3. The van der Waals surface area contributed by atoms with Gasteiger partial charge in [-0.25, -0.2) is 27.6 Å². The van der Waals surface area contributed by atoms with Gasteiger partial charge in [0, 0.05) is 53.2 Å². The molecule has 0 aliphatic heterocycles. The molecule has 6 aromatic carbocycles. The van der Waals surface area contributed by atoms with Crippen molar-refractivity contribution in [3.63, 3.8) is 0 Å². The fourth-order valence-corrected chi connectivity index (χ4v) is 13.9. The summed E-state index contributed by atoms with van der Waals surface area (Å²) >= 11 is 2.12. The quantitative estimate of drug-likeness (QED) is 0.0342. The van der Waals surface area contributed by atoms with Gasteiger partial charge >= 0.3 is 25.0 Å². The number of nitrogens with one attached hydrogen (secondary N) is 3. The smallest absolute Gasteiger partial charge is 0.479 e. The number of carboxylic acid groups (broad SMARTS) is 1. The van der Waals surface area contributed by atoms with Crippen molar-refractivity contribution in [3.05, 3.63) is 232 Å². The monoisotopic (exact) mass is 1380 g/mol. The lowest BCUT2D eigenvalue weighted by molar-refractivity contribution is -0.151. The van der Waals surface area contributed by atoms with E-state index in [0.717, 1.165) is 128 Å². The highest BCUT2D eigenvalue weighted by Gasteiger charge is 2.49. The third kappa shape index (κ3) is 16.1. The zero-order valence-electron chi connectivity index (χ0n) is 52.3. The van der Waals surface area contributed by atoms with Gasteiger partial charge in [0.1, 0.15) is 34.1 Å². The molecule has 6 aromatic rings. The predicted octanol–water partition coefficient (Wildman–Crippen LogP) is 12.9. The molecule has 12 rings (SSSR count). The molecule has 6 N–H and O–H groups in total. The van der Waals surface area contributed by atoms with Gasteiger partial charge in [-0.15, -0.1) is 0 Å². The molecule has 6 aliphatic rings. The number of hydrogen-bond acceptors (Lipinski definition) is 10. The van der Waals surface area contributed by atoms with Gasteiger partial charge in [-0.05, 0) is 247 Å². The number of amides is 3. The summed E-state index contributed by atoms with van der Waals surface area (Å²) in [4.78, 5) is 77.3. The van der Waals surface area contributed by atoms with Gasteiger partial charge in [0.15, 0.2) is 0 Å². The van der Waals surface area contributed by atoms with E-state index in [0.29, 0.717) is 22.3 Å². The summed E-state index contributed by atoms with van der Waals surface area (Å²) in [6, 6.07) is 29.9. The van der Waals surface area contributed by atoms with Gasteiger partial charge in [0.2, 0.25) is 0 Å². The molecular weight excluding hydrogens is 1300 g/mol. The molecule has 0 bridgehead atoms. The number of benzene rings is 6. The fraction of sp³-hybridized carbons (Fsp3) is 0.351. The molecule has 0 saturated heterocycles. The van der Waals surface area contributed by atoms with Gasteiger partial charge in [-0.2, -0.15) is 0 Å². The lowest BCUT2D eigenvalue weighted by Gasteiger charge is -2.28. The van der Waals surface area contributed by atoms with E-state index < -0.39 is 53.4 Å². The van der Waals surface area contributed by atoms with Crippen molar-refractivity contribution in [2.75, 3.05) is 13.2 Å². The van der Waals surface area contributed by atoms with Crippen molar-refractivity contribution in [2.45, 2.75) is 155 Å². The highest BCUT2D eigenvalue weighted by Crippen LogP contribution is 2.38. The Hall–Kier alpha value is -8.14. The van der Waals surface area contributed by atoms with Crippen LogP contribution in [0.1, 0.15) is 171 Å². The first-order valence-electron chi connectivity index (χ1n) is 31.2. The van der Waals surface area contributed by atoms with Crippen molar-refractivity contribution >= 4 is 76.5 Å². The van der Waals surface area contributed by atoms with E-state index in [9.17, 15) is 47.0 Å². The molecule has 0 spiro atoms. The maximum atomic E-state index is 13.8. The molecule has 0 heterocycles. The van der Waals surface area contributed by atoms with Crippen molar-refractivity contribution in [1.29, 1.82) is 0 Å². The average molecular weight is 1380 g/mol. The number of hydrogen-bond donors (Lipinski definition) is 6. The molecule has 6 aliphatic carbocycles. The van der Waals surface area contributed by atoms with E-state index in [1.54, 1.807) is 50.2 Å². The summed E-state index contributed by atoms with van der Waals surface area (Å²) < 4.78 is 52.3. The first-order valence-corrected chi connectivity index (χ1v) is 32.3. The van der Waals surface area contributed by atoms with Crippen molar-refractivity contribution in [3.8, 4) is 0 Å². The Morgan fingerprint density at radius 3 is 1.22 bits per heavy atom. The van der Waals surface area contributed by atoms with Gasteiger partial charge in [-0.3, -0.25) is 14.4 Å². The zero-order valence-corrected chi connectivity index (χ0v) is 54.5. The largest absolute Gasteiger partial charge is 0.483 e. The lowest BCUT2D eigenvalue weighted by atomic mass is 9.79. The number of aryl methyl sites for hydroxylation is 3. The van der Waals surface area contributed by atoms with Gasteiger partial charge in [0.05, 0.1) is 18.8 Å². The average Bonchev–Trinajstić information content (AvgIpc) is 1.75. The van der Waals surface area contributed by atoms with Crippen LogP contribution in [0.2, 0.25) is 0 Å². The van der Waals surface area contributed by atoms with Gasteiger partial charge in [0.25, 0.3) is 17.7 Å². The number of ether oxygens (including phenoxy) is 2. The van der Waals surface area contributed by atoms with Crippen LogP contribution in [-0.2, 0) is 62.4 Å². The van der Waals surface area contributed by atoms with Gasteiger partial charge in [-0.1, -0.05) is 80.3 Å². The minimum atomic E-state index is -1.46. The molecule has 0 radical (unpaired) electrons. The number of halogens is 4. The van der Waals surface area contributed by atoms with Crippen LogP contribution in [0.5, 0.6) is 0 Å². The van der Waals surface area contributed by atoms with E-state index in [1.165, 1.54) is 42.0 Å². The second-order valence-corrected chi connectivity index (χ2v) is 25.5. The molecule has 19 heteroatoms. The molecule has 488 valence electrons. The number of allylic oxidation sites excluding steroid dienone is 6. The first kappa shape index (κ1) is 70.7. The topological polar surface area (TPSA) is 218 Å². The van der Waals surface area contributed by atoms with Crippen LogP contribution in [0.4, 0.5) is 13.2 Å². The minimum Gasteiger partial charge on any atom is -0.479 e. The summed E-state index contributed by atoms with van der Waals surface area (Å²) in [7, 11) is -1.20. The Kier molecular flexibility index (Phi) is 23.4. The van der Waals surface area contributed by atoms with Crippen LogP contribution in [0.25, 0.3) is 11.1 Å². The van der Waals surface area contributed by atoms with Crippen LogP contribution < -0.4 is 16.0 Å². The van der Waals surface area contributed by atoms with Crippen molar-refractivity contribution in [1.82, 2.24) is 16.0 Å². The maximum absolute atomic E-state index is 13.8. The number of carbonyl (C=O) groups excluding carboxylic acids is 5. The Balaban J connectivity index is 0.000000168. The maximum Gasteiger partial charge on any atom is 0.483 e. The third-order valence-corrected chi connectivity index (χ3v) is 19.3. The Labute approximate surface area is 555 Å². The Bertz CT molecular complexity index is 3960. The van der Waals surface area contributed by atoms with Crippen LogP contribution in [0.3, 0.4) is 0 Å². The second kappa shape index (κ2) is 30.7. The molecule has 3 atom stereocenters. The number of carbonyl (C=O) groups is 6. The molecule has 3 amide bonds. The molecule has 93 heavy (non-hydrogen) atoms. The van der Waals surface area contributed by atoms with Crippen molar-refractivity contribution in [2.24, 2.45) is 0 Å². The minimum absolute atomic E-state index is 0. The van der Waals surface area contributed by atoms with E-state index in [-0.39, 0.29) is 82.6 Å². The summed E-state index contributed by atoms with van der Waals surface area (Å²) in [6.07, 6.45) is 16.4. The summed E-state index contributed by atoms with van der Waals surface area (Å²) in [5, 5.41) is 35.6. The Morgan fingerprint density at radius 1 is 0.495 bits per heavy atom. The number of rotatable bonds is 14. The first-order chi connectivity index (χ1) is 44.0. The van der Waals surface area contributed by atoms with Crippen molar-refractivity contribution < 1.29 is 66.6 Å². The zero-order chi connectivity index (χ0) is 66.1. The molecule has 14 nitrogen and oxygen atoms in total. The highest BCUT2D eigenvalue weighted by molar-refractivity contribution is 14.1. The van der Waals surface area contributed by atoms with Crippen LogP contribution >= 0.6 is 22.6 Å². The SMILES string of the molecule is C.CCOC(=O)C1(NC(=O)c2cccc(C)c2C2=CCCC2)Cc2ccc(F)cc2C1.CCOC(=O)C1(NC(=O)c2cccc(C)c2I)Cc2ccc(F)cc2C1.Cc1cccc(C(=O)NC2(C(=O)O)Cc3ccc(F)cc3C2)c1C1=CCCC1.OB(O)C1=CCCC1. The molecule has 3 unspecified atom stereocenters. The number of fused-ring (bicyclic) bond motifs is 3. The van der Waals surface area contributed by atoms with Crippen LogP contribution in [0.15, 0.2) is 133 Å². The fourth-order valence-electron chi connectivity index (χ4n) is 13.3. The lowest BCUT2D eigenvalue weighted by Crippen LogP contribution is -2.56. The van der Waals surface area contributed by atoms with E-state index >= 15 is 0 Å². The number of carboxylic acids is 1. The second-order valence-electron chi connectivity index (χ2n) is 24.4. The van der Waals surface area contributed by atoms with Crippen LogP contribution in [0, 0.1) is 41.8 Å². The summed E-state index contributed by atoms with van der Waals surface area (Å²) in [5.41, 5.74) is 10.2. The van der Waals surface area contributed by atoms with Gasteiger partial charge < -0.3 is 40.6 Å². The number of esters is 2. The molecule has 0 fully saturated rings. The summed E-state index contributed by atoms with van der Waals surface area (Å²) in [5.74, 6) is -4.23. The van der Waals surface area contributed by atoms with E-state index in [1.807, 2.05) is 63.2 Å². The molecule has 0 aromatic heterocycles. The predicted molar refractivity (Wildman–Crippen MR) is 362 cm³/mol. The van der Waals surface area contributed by atoms with E-state index in [2.05, 4.69) is 50.7 Å². The molecular formula is C74H80BF3IN3O11. The van der Waals surface area contributed by atoms with Crippen LogP contribution in [-0.4, -0.2) is 87.7 Å². The van der Waals surface area contributed by atoms with E-state index in [4.69, 9.17) is 19.5 Å². The Morgan fingerprint density at radius 2 is 0.849 bits per heavy atom. The standard InChI is InChI=1S/C25H26FNO3.C23H22FNO3.C20H19FINO3.C5H9BO2.CH4/c1-3-30-24(29)25(14-18-11-12-20(26)13-19(18)15-25)27-23(28)21-10-6-7-16(2)22(21)17-8-4-5-9-17;1-14-5-4-8-19(20(14)15-6-2-3-7-15)21(26)25-23(22(27)28)12-16-9-10-18(24)11-17(16)13-23;1-3-26-19(25)20(10-13-7-8-15(21)9-14(13)11-20)23-18(24)16-6-4-5-12(2)17(16)22;7-6(8)5-3-1-2-4-5;/h6-8,10-13H,3-5,9,14-15H2,1-2H3,(H,27,28);4-6,8-11H,2-3,7,12-13H2,1H3,(H,25,26)(H,27,28);4-9H,3,10-11H2,1-2H3,(H,23,24);3,7-8H,1-2,4H2;1H4. The highest BCUT2D eigenvalue weighted by atomic mass is 127. The molecule has 0 saturated carbocycles.